The molecule has 2 aromatic rings. The number of hydrogen-bond acceptors (Lipinski definition) is 5. The molecule has 0 fully saturated rings. The number of amides is 1. The van der Waals surface area contributed by atoms with Gasteiger partial charge in [-0.05, 0) is 37.3 Å². The summed E-state index contributed by atoms with van der Waals surface area (Å²) >= 11 is 0. The molecule has 2 aromatic carbocycles. The Morgan fingerprint density at radius 2 is 1.64 bits per heavy atom. The first-order chi connectivity index (χ1) is 12.0. The van der Waals surface area contributed by atoms with Crippen LogP contribution >= 0.6 is 0 Å². The van der Waals surface area contributed by atoms with Crippen LogP contribution in [0.3, 0.4) is 0 Å². The average Bonchev–Trinajstić information content (AvgIpc) is 2.66. The highest BCUT2D eigenvalue weighted by Crippen LogP contribution is 2.32. The molecule has 0 unspecified atom stereocenters. The Kier molecular flexibility index (Phi) is 6.11. The number of carbonyl (C=O) groups is 1. The molecular weight excluding hydrogens is 322 g/mol. The summed E-state index contributed by atoms with van der Waals surface area (Å²) in [6.07, 6.45) is 0. The maximum Gasteiger partial charge on any atom is 0.255 e. The summed E-state index contributed by atoms with van der Waals surface area (Å²) < 4.78 is 21.2. The fraction of sp³-hybridized carbons (Fsp3) is 0.316. The smallest absolute Gasteiger partial charge is 0.255 e. The summed E-state index contributed by atoms with van der Waals surface area (Å²) in [5.41, 5.74) is 1.22. The van der Waals surface area contributed by atoms with Crippen molar-refractivity contribution in [1.29, 1.82) is 0 Å². The van der Waals surface area contributed by atoms with Gasteiger partial charge in [0.25, 0.3) is 5.91 Å². The lowest BCUT2D eigenvalue weighted by Gasteiger charge is -2.19. The van der Waals surface area contributed by atoms with Crippen LogP contribution in [0.4, 0.5) is 0 Å². The molecule has 25 heavy (non-hydrogen) atoms. The molecular formula is C19H23NO5. The van der Waals surface area contributed by atoms with E-state index in [1.807, 2.05) is 25.1 Å². The fourth-order valence-corrected chi connectivity index (χ4v) is 2.60. The van der Waals surface area contributed by atoms with Gasteiger partial charge < -0.3 is 24.3 Å². The van der Waals surface area contributed by atoms with Crippen LogP contribution in [0.25, 0.3) is 0 Å². The quantitative estimate of drug-likeness (QED) is 0.835. The molecule has 0 aliphatic heterocycles. The van der Waals surface area contributed by atoms with E-state index in [9.17, 15) is 4.79 Å². The van der Waals surface area contributed by atoms with E-state index in [0.717, 1.165) is 5.56 Å². The number of ether oxygens (including phenoxy) is 4. The predicted octanol–water partition coefficient (Wildman–Crippen LogP) is 3.21. The number of nitrogens with one attached hydrogen (secondary N) is 1. The monoisotopic (exact) mass is 345 g/mol. The van der Waals surface area contributed by atoms with Crippen LogP contribution < -0.4 is 24.3 Å². The van der Waals surface area contributed by atoms with Gasteiger partial charge in [-0.2, -0.15) is 0 Å². The molecule has 134 valence electrons. The molecule has 0 aliphatic rings. The van der Waals surface area contributed by atoms with Crippen molar-refractivity contribution in [3.05, 3.63) is 47.5 Å². The van der Waals surface area contributed by atoms with Crippen molar-refractivity contribution < 1.29 is 23.7 Å². The Morgan fingerprint density at radius 1 is 0.920 bits per heavy atom. The van der Waals surface area contributed by atoms with Crippen LogP contribution in [-0.4, -0.2) is 34.3 Å². The Morgan fingerprint density at radius 3 is 2.24 bits per heavy atom. The van der Waals surface area contributed by atoms with Crippen molar-refractivity contribution in [2.24, 2.45) is 0 Å². The molecule has 1 amide bonds. The van der Waals surface area contributed by atoms with Gasteiger partial charge in [-0.1, -0.05) is 6.07 Å². The fourth-order valence-electron chi connectivity index (χ4n) is 2.60. The molecule has 2 rings (SSSR count). The van der Waals surface area contributed by atoms with E-state index in [1.54, 1.807) is 32.4 Å². The van der Waals surface area contributed by atoms with Gasteiger partial charge in [0.2, 0.25) is 0 Å². The van der Waals surface area contributed by atoms with E-state index in [4.69, 9.17) is 18.9 Å². The number of hydrogen-bond donors (Lipinski definition) is 1. The van der Waals surface area contributed by atoms with Crippen molar-refractivity contribution in [2.45, 2.75) is 13.0 Å². The van der Waals surface area contributed by atoms with Gasteiger partial charge in [0.1, 0.15) is 11.5 Å². The van der Waals surface area contributed by atoms with Crippen LogP contribution in [0.5, 0.6) is 23.0 Å². The number of rotatable bonds is 7. The minimum atomic E-state index is -0.298. The number of para-hydroxylation sites is 1. The molecule has 0 heterocycles. The normalized spacial score (nSPS) is 11.4. The van der Waals surface area contributed by atoms with E-state index in [2.05, 4.69) is 5.32 Å². The maximum atomic E-state index is 12.7. The summed E-state index contributed by atoms with van der Waals surface area (Å²) in [5.74, 6) is 1.99. The van der Waals surface area contributed by atoms with Gasteiger partial charge in [-0.3, -0.25) is 4.79 Å². The van der Waals surface area contributed by atoms with E-state index in [0.29, 0.717) is 28.6 Å². The van der Waals surface area contributed by atoms with Gasteiger partial charge in [0.15, 0.2) is 11.5 Å². The summed E-state index contributed by atoms with van der Waals surface area (Å²) in [5, 5.41) is 2.95. The third kappa shape index (κ3) is 3.96. The van der Waals surface area contributed by atoms with Gasteiger partial charge in [-0.15, -0.1) is 0 Å². The minimum absolute atomic E-state index is 0.270. The first kappa shape index (κ1) is 18.4. The second-order valence-electron chi connectivity index (χ2n) is 5.34. The van der Waals surface area contributed by atoms with Crippen molar-refractivity contribution in [3.63, 3.8) is 0 Å². The van der Waals surface area contributed by atoms with E-state index >= 15 is 0 Å². The van der Waals surface area contributed by atoms with Crippen molar-refractivity contribution >= 4 is 5.91 Å². The van der Waals surface area contributed by atoms with Crippen LogP contribution in [0.1, 0.15) is 28.9 Å². The molecule has 6 nitrogen and oxygen atoms in total. The van der Waals surface area contributed by atoms with Crippen molar-refractivity contribution in [1.82, 2.24) is 5.32 Å². The molecule has 0 bridgehead atoms. The molecule has 0 spiro atoms. The van der Waals surface area contributed by atoms with Gasteiger partial charge in [-0.25, -0.2) is 0 Å². The largest absolute Gasteiger partial charge is 0.497 e. The maximum absolute atomic E-state index is 12.7. The minimum Gasteiger partial charge on any atom is -0.497 e. The highest BCUT2D eigenvalue weighted by Gasteiger charge is 2.20. The van der Waals surface area contributed by atoms with Gasteiger partial charge >= 0.3 is 0 Å². The summed E-state index contributed by atoms with van der Waals surface area (Å²) in [6.45, 7) is 1.88. The topological polar surface area (TPSA) is 66.0 Å². The lowest BCUT2D eigenvalue weighted by Crippen LogP contribution is -2.27. The van der Waals surface area contributed by atoms with E-state index in [1.165, 1.54) is 14.2 Å². The highest BCUT2D eigenvalue weighted by molar-refractivity contribution is 5.98. The van der Waals surface area contributed by atoms with Crippen molar-refractivity contribution in [3.8, 4) is 23.0 Å². The lowest BCUT2D eigenvalue weighted by molar-refractivity contribution is 0.0935. The zero-order valence-electron chi connectivity index (χ0n) is 15.1. The lowest BCUT2D eigenvalue weighted by atomic mass is 10.1. The summed E-state index contributed by atoms with van der Waals surface area (Å²) in [4.78, 5) is 12.7. The Labute approximate surface area is 147 Å². The SMILES string of the molecule is COc1ccc(OC)c([C@@H](C)NC(=O)c2cccc(OC)c2OC)c1. The zero-order valence-corrected chi connectivity index (χ0v) is 15.1. The highest BCUT2D eigenvalue weighted by atomic mass is 16.5. The zero-order chi connectivity index (χ0) is 18.4. The van der Waals surface area contributed by atoms with Crippen LogP contribution in [0, 0.1) is 0 Å². The van der Waals surface area contributed by atoms with Gasteiger partial charge in [0, 0.05) is 5.56 Å². The van der Waals surface area contributed by atoms with Crippen LogP contribution in [0.2, 0.25) is 0 Å². The summed E-state index contributed by atoms with van der Waals surface area (Å²) in [6, 6.07) is 10.3. The second-order valence-corrected chi connectivity index (χ2v) is 5.34. The molecule has 0 aliphatic carbocycles. The molecule has 6 heteroatoms. The molecule has 1 atom stereocenters. The van der Waals surface area contributed by atoms with E-state index < -0.39 is 0 Å². The molecule has 1 N–H and O–H groups in total. The standard InChI is InChI=1S/C19H23NO5/c1-12(15-11-13(22-2)9-10-16(15)23-3)20-19(21)14-7-6-8-17(24-4)18(14)25-5/h6-12H,1-5H3,(H,20,21)/t12-/m1/s1. The molecule has 0 aromatic heterocycles. The third-order valence-electron chi connectivity index (χ3n) is 3.90. The Balaban J connectivity index is 2.29. The second kappa shape index (κ2) is 8.28. The molecule has 0 saturated carbocycles. The van der Waals surface area contributed by atoms with Crippen LogP contribution in [0.15, 0.2) is 36.4 Å². The summed E-state index contributed by atoms with van der Waals surface area (Å²) in [7, 11) is 6.22. The Hall–Kier alpha value is -2.89. The predicted molar refractivity (Wildman–Crippen MR) is 95.0 cm³/mol. The Bertz CT molecular complexity index is 745. The van der Waals surface area contributed by atoms with Crippen LogP contribution in [-0.2, 0) is 0 Å². The van der Waals surface area contributed by atoms with E-state index in [-0.39, 0.29) is 11.9 Å². The molecule has 0 radical (unpaired) electrons. The molecule has 0 saturated heterocycles. The third-order valence-corrected chi connectivity index (χ3v) is 3.90. The first-order valence-corrected chi connectivity index (χ1v) is 7.79. The first-order valence-electron chi connectivity index (χ1n) is 7.79. The van der Waals surface area contributed by atoms with Gasteiger partial charge in [0.05, 0.1) is 40.0 Å². The number of benzene rings is 2. The van der Waals surface area contributed by atoms with Crippen molar-refractivity contribution in [2.75, 3.05) is 28.4 Å². The number of methoxy groups -OCH3 is 4. The number of carbonyl (C=O) groups excluding carboxylic acids is 1. The average molecular weight is 345 g/mol.